The van der Waals surface area contributed by atoms with Crippen molar-refractivity contribution in [3.63, 3.8) is 0 Å². The highest BCUT2D eigenvalue weighted by Crippen LogP contribution is 2.31. The number of phenols is 1. The molecule has 5 heteroatoms. The number of para-hydroxylation sites is 1. The van der Waals surface area contributed by atoms with E-state index >= 15 is 0 Å². The number of halogens is 1. The van der Waals surface area contributed by atoms with Gasteiger partial charge in [-0.3, -0.25) is 4.79 Å². The average molecular weight is 335 g/mol. The Morgan fingerprint density at radius 1 is 1.20 bits per heavy atom. The topological polar surface area (TPSA) is 75.3 Å². The molecule has 0 aromatic heterocycles. The van der Waals surface area contributed by atoms with Crippen LogP contribution in [0.3, 0.4) is 0 Å². The van der Waals surface area contributed by atoms with Gasteiger partial charge in [-0.05, 0) is 52.7 Å². The summed E-state index contributed by atoms with van der Waals surface area (Å²) in [7, 11) is 0. The van der Waals surface area contributed by atoms with E-state index < -0.39 is 11.4 Å². The summed E-state index contributed by atoms with van der Waals surface area (Å²) in [5.41, 5.74) is 5.93. The van der Waals surface area contributed by atoms with Crippen molar-refractivity contribution in [2.75, 3.05) is 5.32 Å². The molecule has 0 fully saturated rings. The largest absolute Gasteiger partial charge is 0.508 e. The Balaban J connectivity index is 2.43. The van der Waals surface area contributed by atoms with Crippen molar-refractivity contribution in [1.29, 1.82) is 0 Å². The van der Waals surface area contributed by atoms with Crippen molar-refractivity contribution in [3.8, 4) is 5.75 Å². The Morgan fingerprint density at radius 2 is 1.80 bits per heavy atom. The van der Waals surface area contributed by atoms with Gasteiger partial charge >= 0.3 is 0 Å². The van der Waals surface area contributed by atoms with Gasteiger partial charge in [0.05, 0.1) is 0 Å². The highest BCUT2D eigenvalue weighted by molar-refractivity contribution is 9.10. The number of anilines is 1. The lowest BCUT2D eigenvalue weighted by Crippen LogP contribution is -2.45. The van der Waals surface area contributed by atoms with Gasteiger partial charge in [-0.2, -0.15) is 0 Å². The van der Waals surface area contributed by atoms with Gasteiger partial charge in [0.2, 0.25) is 5.91 Å². The standard InChI is InChI=1S/C15H15BrN2O2/c1-15(14(17)20,10-6-8-11(19)9-7-10)18-13-5-3-2-4-12(13)16/h2-9,18-19H,1H3,(H2,17,20). The van der Waals surface area contributed by atoms with Crippen LogP contribution in [-0.2, 0) is 10.3 Å². The van der Waals surface area contributed by atoms with E-state index in [1.54, 1.807) is 19.1 Å². The first-order chi connectivity index (χ1) is 9.43. The molecule has 0 saturated carbocycles. The van der Waals surface area contributed by atoms with Crippen molar-refractivity contribution in [2.45, 2.75) is 12.5 Å². The Morgan fingerprint density at radius 3 is 2.35 bits per heavy atom. The van der Waals surface area contributed by atoms with Crippen LogP contribution in [0.1, 0.15) is 12.5 Å². The number of nitrogens with two attached hydrogens (primary N) is 1. The lowest BCUT2D eigenvalue weighted by molar-refractivity contribution is -0.122. The van der Waals surface area contributed by atoms with Crippen LogP contribution in [-0.4, -0.2) is 11.0 Å². The van der Waals surface area contributed by atoms with Crippen LogP contribution < -0.4 is 11.1 Å². The molecule has 0 saturated heterocycles. The fraction of sp³-hybridized carbons (Fsp3) is 0.133. The highest BCUT2D eigenvalue weighted by atomic mass is 79.9. The highest BCUT2D eigenvalue weighted by Gasteiger charge is 2.33. The third kappa shape index (κ3) is 2.77. The van der Waals surface area contributed by atoms with Crippen molar-refractivity contribution >= 4 is 27.5 Å². The van der Waals surface area contributed by atoms with E-state index in [1.807, 2.05) is 24.3 Å². The molecular weight excluding hydrogens is 320 g/mol. The molecule has 0 aliphatic heterocycles. The molecule has 4 N–H and O–H groups in total. The number of carbonyl (C=O) groups excluding carboxylic acids is 1. The third-order valence-corrected chi connectivity index (χ3v) is 3.89. The van der Waals surface area contributed by atoms with Gasteiger partial charge < -0.3 is 16.2 Å². The number of phenolic OH excluding ortho intramolecular Hbond substituents is 1. The first-order valence-corrected chi connectivity index (χ1v) is 6.85. The van der Waals surface area contributed by atoms with Gasteiger partial charge in [0.1, 0.15) is 11.3 Å². The van der Waals surface area contributed by atoms with Crippen LogP contribution >= 0.6 is 15.9 Å². The Bertz CT molecular complexity index is 628. The number of rotatable bonds is 4. The van der Waals surface area contributed by atoms with Crippen LogP contribution in [0, 0.1) is 0 Å². The molecule has 104 valence electrons. The van der Waals surface area contributed by atoms with E-state index in [0.717, 1.165) is 10.2 Å². The van der Waals surface area contributed by atoms with E-state index in [0.29, 0.717) is 5.56 Å². The second-order valence-electron chi connectivity index (χ2n) is 4.64. The Kier molecular flexibility index (Phi) is 3.99. The molecule has 0 aliphatic carbocycles. The number of carbonyl (C=O) groups is 1. The summed E-state index contributed by atoms with van der Waals surface area (Å²) in [6, 6.07) is 13.9. The Hall–Kier alpha value is -2.01. The summed E-state index contributed by atoms with van der Waals surface area (Å²) in [6.07, 6.45) is 0. The second-order valence-corrected chi connectivity index (χ2v) is 5.50. The number of benzene rings is 2. The van der Waals surface area contributed by atoms with Gasteiger partial charge in [0.15, 0.2) is 0 Å². The quantitative estimate of drug-likeness (QED) is 0.804. The average Bonchev–Trinajstić information content (AvgIpc) is 2.42. The molecule has 0 aliphatic rings. The predicted octanol–water partition coefficient (Wildman–Crippen LogP) is 2.97. The summed E-state index contributed by atoms with van der Waals surface area (Å²) in [6.45, 7) is 1.71. The predicted molar refractivity (Wildman–Crippen MR) is 82.4 cm³/mol. The first-order valence-electron chi connectivity index (χ1n) is 6.05. The second kappa shape index (κ2) is 5.54. The van der Waals surface area contributed by atoms with Gasteiger partial charge in [0.25, 0.3) is 0 Å². The summed E-state index contributed by atoms with van der Waals surface area (Å²) in [5.74, 6) is -0.361. The zero-order valence-corrected chi connectivity index (χ0v) is 12.5. The molecule has 2 aromatic rings. The lowest BCUT2D eigenvalue weighted by atomic mass is 9.90. The number of hydrogen-bond acceptors (Lipinski definition) is 3. The minimum absolute atomic E-state index is 0.140. The van der Waals surface area contributed by atoms with Gasteiger partial charge in [-0.1, -0.05) is 24.3 Å². The van der Waals surface area contributed by atoms with Crippen LogP contribution in [0.2, 0.25) is 0 Å². The van der Waals surface area contributed by atoms with Crippen LogP contribution in [0.4, 0.5) is 5.69 Å². The molecule has 0 spiro atoms. The van der Waals surface area contributed by atoms with Gasteiger partial charge in [-0.15, -0.1) is 0 Å². The fourth-order valence-electron chi connectivity index (χ4n) is 1.90. The number of nitrogens with one attached hydrogen (secondary N) is 1. The fourth-order valence-corrected chi connectivity index (χ4v) is 2.29. The molecule has 1 atom stereocenters. The molecule has 4 nitrogen and oxygen atoms in total. The van der Waals surface area contributed by atoms with Crippen molar-refractivity contribution in [3.05, 3.63) is 58.6 Å². The van der Waals surface area contributed by atoms with Crippen LogP contribution in [0.15, 0.2) is 53.0 Å². The number of primary amides is 1. The lowest BCUT2D eigenvalue weighted by Gasteiger charge is -2.29. The summed E-state index contributed by atoms with van der Waals surface area (Å²) >= 11 is 3.43. The van der Waals surface area contributed by atoms with E-state index in [1.165, 1.54) is 12.1 Å². The van der Waals surface area contributed by atoms with Crippen molar-refractivity contribution in [1.82, 2.24) is 0 Å². The summed E-state index contributed by atoms with van der Waals surface area (Å²) in [4.78, 5) is 11.9. The van der Waals surface area contributed by atoms with Gasteiger partial charge in [0, 0.05) is 10.2 Å². The monoisotopic (exact) mass is 334 g/mol. The maximum absolute atomic E-state index is 11.9. The molecule has 1 amide bonds. The molecule has 0 radical (unpaired) electrons. The third-order valence-electron chi connectivity index (χ3n) is 3.20. The maximum atomic E-state index is 11.9. The van der Waals surface area contributed by atoms with Crippen molar-refractivity contribution in [2.24, 2.45) is 5.73 Å². The molecular formula is C15H15BrN2O2. The Labute approximate surface area is 125 Å². The number of amides is 1. The zero-order chi connectivity index (χ0) is 14.8. The number of aromatic hydroxyl groups is 1. The minimum atomic E-state index is -1.07. The van der Waals surface area contributed by atoms with Gasteiger partial charge in [-0.25, -0.2) is 0 Å². The van der Waals surface area contributed by atoms with Crippen LogP contribution in [0.5, 0.6) is 5.75 Å². The molecule has 0 heterocycles. The van der Waals surface area contributed by atoms with Crippen molar-refractivity contribution < 1.29 is 9.90 Å². The van der Waals surface area contributed by atoms with Crippen LogP contribution in [0.25, 0.3) is 0 Å². The maximum Gasteiger partial charge on any atom is 0.247 e. The molecule has 20 heavy (non-hydrogen) atoms. The molecule has 2 rings (SSSR count). The first kappa shape index (κ1) is 14.4. The van der Waals surface area contributed by atoms with E-state index in [9.17, 15) is 9.90 Å². The normalized spacial score (nSPS) is 13.5. The molecule has 2 aromatic carbocycles. The van der Waals surface area contributed by atoms with E-state index in [4.69, 9.17) is 5.73 Å². The molecule has 0 bridgehead atoms. The minimum Gasteiger partial charge on any atom is -0.508 e. The number of hydrogen-bond donors (Lipinski definition) is 3. The smallest absolute Gasteiger partial charge is 0.247 e. The molecule has 1 unspecified atom stereocenters. The zero-order valence-electron chi connectivity index (χ0n) is 10.9. The van der Waals surface area contributed by atoms with E-state index in [-0.39, 0.29) is 5.75 Å². The summed E-state index contributed by atoms with van der Waals surface area (Å²) < 4.78 is 0.839. The van der Waals surface area contributed by atoms with E-state index in [2.05, 4.69) is 21.2 Å². The SMILES string of the molecule is CC(Nc1ccccc1Br)(C(N)=O)c1ccc(O)cc1. The summed E-state index contributed by atoms with van der Waals surface area (Å²) in [5, 5.41) is 12.5.